The fourth-order valence-corrected chi connectivity index (χ4v) is 8.23. The Balaban J connectivity index is 0.000000313. The summed E-state index contributed by atoms with van der Waals surface area (Å²) in [5.41, 5.74) is 7.88. The number of thiazole rings is 1. The van der Waals surface area contributed by atoms with Crippen LogP contribution in [0.25, 0.3) is 11.3 Å². The lowest BCUT2D eigenvalue weighted by Crippen LogP contribution is -2.39. The summed E-state index contributed by atoms with van der Waals surface area (Å²) in [6.45, 7) is 16.2. The predicted octanol–water partition coefficient (Wildman–Crippen LogP) is 12.6. The van der Waals surface area contributed by atoms with E-state index in [1.165, 1.54) is 29.5 Å². The van der Waals surface area contributed by atoms with Crippen LogP contribution < -0.4 is 16.0 Å². The van der Waals surface area contributed by atoms with Gasteiger partial charge >= 0.3 is 23.9 Å². The zero-order chi connectivity index (χ0) is 53.8. The third kappa shape index (κ3) is 21.7. The second-order valence-electron chi connectivity index (χ2n) is 17.5. The number of anilines is 1. The number of carbonyl (C=O) groups excluding carboxylic acids is 5. The van der Waals surface area contributed by atoms with Crippen LogP contribution in [0.2, 0.25) is 20.1 Å². The number of nitrogens with one attached hydrogen (secondary N) is 1. The number of nitrogens with zero attached hydrogens (tertiary/aromatic N) is 2. The van der Waals surface area contributed by atoms with Crippen LogP contribution in [0.5, 0.6) is 0 Å². The Hall–Kier alpha value is -4.81. The smallest absolute Gasteiger partial charge is 0.350 e. The molecule has 0 radical (unpaired) electrons. The monoisotopic (exact) mass is 1170 g/mol. The Bertz CT molecular complexity index is 2610. The van der Waals surface area contributed by atoms with Gasteiger partial charge in [0.1, 0.15) is 16.1 Å². The zero-order valence-electron chi connectivity index (χ0n) is 41.2. The summed E-state index contributed by atoms with van der Waals surface area (Å²) >= 11 is 32.8. The molecule has 0 fully saturated rings. The molecule has 5 aromatic rings. The highest BCUT2D eigenvalue weighted by molar-refractivity contribution is 9.10. The highest BCUT2D eigenvalue weighted by Gasteiger charge is 2.28. The van der Waals surface area contributed by atoms with E-state index < -0.39 is 33.8 Å². The molecular weight excluding hydrogens is 1110 g/mol. The minimum atomic E-state index is -1.03. The van der Waals surface area contributed by atoms with Crippen molar-refractivity contribution in [1.82, 2.24) is 10.3 Å². The van der Waals surface area contributed by atoms with Gasteiger partial charge in [0.25, 0.3) is 0 Å². The van der Waals surface area contributed by atoms with E-state index in [2.05, 4.69) is 21.2 Å². The second-order valence-corrected chi connectivity index (χ2v) is 21.5. The van der Waals surface area contributed by atoms with Crippen molar-refractivity contribution in [2.24, 2.45) is 11.7 Å². The summed E-state index contributed by atoms with van der Waals surface area (Å²) in [5.74, 6) is -2.37. The Morgan fingerprint density at radius 2 is 1.31 bits per heavy atom. The van der Waals surface area contributed by atoms with Crippen molar-refractivity contribution in [2.45, 2.75) is 90.8 Å². The lowest BCUT2D eigenvalue weighted by Gasteiger charge is -2.24. The fraction of sp³-hybridized carbons (Fsp3) is 0.365. The molecule has 2 atom stereocenters. The van der Waals surface area contributed by atoms with Crippen molar-refractivity contribution in [1.29, 1.82) is 0 Å². The summed E-state index contributed by atoms with van der Waals surface area (Å²) in [5, 5.41) is 5.00. The Kier molecular flexibility index (Phi) is 25.4. The zero-order valence-corrected chi connectivity index (χ0v) is 47.4. The van der Waals surface area contributed by atoms with Gasteiger partial charge in [0.15, 0.2) is 20.9 Å². The third-order valence-corrected chi connectivity index (χ3v) is 12.8. The van der Waals surface area contributed by atoms with E-state index in [-0.39, 0.29) is 47.6 Å². The van der Waals surface area contributed by atoms with Gasteiger partial charge in [0, 0.05) is 30.8 Å². The first-order valence-corrected chi connectivity index (χ1v) is 26.2. The number of esters is 4. The van der Waals surface area contributed by atoms with Crippen LogP contribution in [0.3, 0.4) is 0 Å². The summed E-state index contributed by atoms with van der Waals surface area (Å²) < 4.78 is 20.9. The van der Waals surface area contributed by atoms with Crippen molar-refractivity contribution in [3.8, 4) is 11.3 Å². The third-order valence-electron chi connectivity index (χ3n) is 9.28. The molecule has 20 heteroatoms. The van der Waals surface area contributed by atoms with Gasteiger partial charge in [-0.05, 0) is 115 Å². The van der Waals surface area contributed by atoms with Gasteiger partial charge < -0.3 is 34.9 Å². The number of hydrogen-bond acceptors (Lipinski definition) is 13. The van der Waals surface area contributed by atoms with Crippen LogP contribution in [0, 0.1) is 5.92 Å². The lowest BCUT2D eigenvalue weighted by atomic mass is 9.99. The minimum Gasteiger partial charge on any atom is -0.465 e. The number of benzene rings is 4. The molecule has 0 saturated heterocycles. The van der Waals surface area contributed by atoms with Gasteiger partial charge in [-0.1, -0.05) is 140 Å². The molecule has 2 unspecified atom stereocenters. The van der Waals surface area contributed by atoms with E-state index in [4.69, 9.17) is 88.3 Å². The number of rotatable bonds is 18. The number of nitrogens with two attached hydrogens (primary N) is 1. The normalized spacial score (nSPS) is 11.8. The fourth-order valence-electron chi connectivity index (χ4n) is 6.15. The van der Waals surface area contributed by atoms with Gasteiger partial charge in [0.2, 0.25) is 0 Å². The van der Waals surface area contributed by atoms with Crippen molar-refractivity contribution >= 4 is 126 Å². The maximum Gasteiger partial charge on any atom is 0.350 e. The molecule has 72 heavy (non-hydrogen) atoms. The number of ketones is 1. The molecular formula is C52H59BrCl4N4O9S2. The number of carbonyl (C=O) groups is 5. The number of ether oxygens (including phenoxy) is 4. The molecule has 4 aromatic carbocycles. The summed E-state index contributed by atoms with van der Waals surface area (Å²) in [4.78, 5) is 66.8. The molecule has 13 nitrogen and oxygen atoms in total. The molecule has 0 aliphatic heterocycles. The van der Waals surface area contributed by atoms with E-state index >= 15 is 0 Å². The molecule has 5 rings (SSSR count). The van der Waals surface area contributed by atoms with Gasteiger partial charge in [0.05, 0.1) is 51.3 Å². The summed E-state index contributed by atoms with van der Waals surface area (Å²) in [7, 11) is 0. The van der Waals surface area contributed by atoms with E-state index in [0.29, 0.717) is 68.0 Å². The number of halogens is 5. The van der Waals surface area contributed by atoms with Crippen LogP contribution in [0.15, 0.2) is 97.1 Å². The molecule has 0 aliphatic carbocycles. The average molecular weight is 1170 g/mol. The molecule has 0 aliphatic rings. The van der Waals surface area contributed by atoms with E-state index in [1.54, 1.807) is 32.0 Å². The molecule has 0 bridgehead atoms. The maximum atomic E-state index is 12.8. The highest BCUT2D eigenvalue weighted by atomic mass is 79.9. The van der Waals surface area contributed by atoms with Crippen LogP contribution >= 0.6 is 85.9 Å². The first kappa shape index (κ1) is 61.5. The Labute approximate surface area is 459 Å². The molecule has 0 amide bonds. The van der Waals surface area contributed by atoms with Crippen molar-refractivity contribution in [3.63, 3.8) is 0 Å². The maximum absolute atomic E-state index is 12.8. The summed E-state index contributed by atoms with van der Waals surface area (Å²) in [6, 6.07) is 29.2. The molecule has 3 N–H and O–H groups in total. The van der Waals surface area contributed by atoms with Gasteiger partial charge in [-0.15, -0.1) is 0 Å². The van der Waals surface area contributed by atoms with Gasteiger partial charge in [-0.25, -0.2) is 9.78 Å². The molecule has 0 saturated carbocycles. The molecule has 1 aromatic heterocycles. The first-order valence-electron chi connectivity index (χ1n) is 22.6. The van der Waals surface area contributed by atoms with E-state index in [9.17, 15) is 24.0 Å². The van der Waals surface area contributed by atoms with Crippen LogP contribution in [0.1, 0.15) is 93.0 Å². The second kappa shape index (κ2) is 29.8. The average Bonchev–Trinajstić information content (AvgIpc) is 3.76. The van der Waals surface area contributed by atoms with Crippen molar-refractivity contribution in [2.75, 3.05) is 31.2 Å². The number of hydrogen-bond donors (Lipinski definition) is 2. The highest BCUT2D eigenvalue weighted by Crippen LogP contribution is 2.37. The molecule has 388 valence electrons. The number of alkyl halides is 1. The quantitative estimate of drug-likeness (QED) is 0.0212. The Morgan fingerprint density at radius 1 is 0.750 bits per heavy atom. The van der Waals surface area contributed by atoms with Crippen LogP contribution in [-0.2, 0) is 46.3 Å². The minimum absolute atomic E-state index is 0.167. The predicted molar refractivity (Wildman–Crippen MR) is 296 cm³/mol. The van der Waals surface area contributed by atoms with Crippen LogP contribution in [-0.4, -0.2) is 82.1 Å². The topological polar surface area (TPSA) is 176 Å². The van der Waals surface area contributed by atoms with Crippen molar-refractivity contribution in [3.05, 3.63) is 139 Å². The number of aromatic nitrogens is 1. The van der Waals surface area contributed by atoms with E-state index in [0.717, 1.165) is 11.1 Å². The first-order chi connectivity index (χ1) is 33.8. The van der Waals surface area contributed by atoms with Gasteiger partial charge in [-0.2, -0.15) is 0 Å². The van der Waals surface area contributed by atoms with E-state index in [1.807, 2.05) is 107 Å². The van der Waals surface area contributed by atoms with Gasteiger partial charge in [-0.3, -0.25) is 19.2 Å². The van der Waals surface area contributed by atoms with Crippen LogP contribution in [0.4, 0.5) is 5.13 Å². The standard InChI is InChI=1S/C26H28Cl2N2O4S.C15H22N2O2S.C11H9BrCl2O3/c1-5-33-24(32)23-22(18-11-12-19(27)20(28)15-18)29-25(35-23)30(16-17-9-7-6-8-10-17)14-13-21(31)34-26(2,3)4;1-15(2,3)19-13(18)12(10-17-14(16)20)9-11-7-5-4-6-8-11;1-2-17-11(16)9(12)10(15)6-3-4-7(13)8(14)5-6/h6-12,15H,5,13-14,16H2,1-4H3;4-8,12H,9-10H2,1-3H3,(H3,16,17,20);3-5,9H,2H2,1H3. The lowest BCUT2D eigenvalue weighted by molar-refractivity contribution is -0.160. The Morgan fingerprint density at radius 3 is 1.83 bits per heavy atom. The SMILES string of the molecule is CC(C)(C)OC(=O)C(CNC(N)=S)Cc1ccccc1.CCOC(=O)C(Br)C(=O)c1ccc(Cl)c(Cl)c1.CCOC(=O)c1sc(N(CCC(=O)OC(C)(C)C)Cc2ccccc2)nc1-c1ccc(Cl)c(Cl)c1. The molecule has 1 heterocycles. The summed E-state index contributed by atoms with van der Waals surface area (Å²) in [6.07, 6.45) is 0.756. The molecule has 0 spiro atoms. The number of Topliss-reactive ketones (excluding diaryl/α,β-unsaturated/α-hetero) is 1. The van der Waals surface area contributed by atoms with Crippen molar-refractivity contribution < 1.29 is 42.9 Å². The largest absolute Gasteiger partial charge is 0.465 e. The number of thiocarbonyl (C=S) groups is 1.